The Morgan fingerprint density at radius 2 is 2.17 bits per heavy atom. The van der Waals surface area contributed by atoms with Gasteiger partial charge in [0.15, 0.2) is 0 Å². The van der Waals surface area contributed by atoms with Crippen LogP contribution in [0.1, 0.15) is 37.6 Å². The minimum Gasteiger partial charge on any atom is -0.338 e. The van der Waals surface area contributed by atoms with Gasteiger partial charge in [0.1, 0.15) is 0 Å². The lowest BCUT2D eigenvalue weighted by Crippen LogP contribution is -2.31. The third kappa shape index (κ3) is 4.09. The van der Waals surface area contributed by atoms with Crippen LogP contribution in [0.15, 0.2) is 38.0 Å². The van der Waals surface area contributed by atoms with Gasteiger partial charge in [-0.3, -0.25) is 0 Å². The SMILES string of the molecule is CC(C)(C)[C@H](NCc1nc(-c2cc(Br)cs2)no1)c1cccs1. The second kappa shape index (κ2) is 6.84. The van der Waals surface area contributed by atoms with E-state index in [1.165, 1.54) is 4.88 Å². The van der Waals surface area contributed by atoms with Crippen molar-refractivity contribution >= 4 is 38.6 Å². The zero-order valence-corrected chi connectivity index (χ0v) is 16.4. The van der Waals surface area contributed by atoms with Crippen LogP contribution in [-0.2, 0) is 6.54 Å². The second-order valence-electron chi connectivity index (χ2n) is 6.34. The molecular formula is C16H18BrN3OS2. The summed E-state index contributed by atoms with van der Waals surface area (Å²) in [5, 5.41) is 11.7. The largest absolute Gasteiger partial charge is 0.338 e. The Bertz CT molecular complexity index is 758. The van der Waals surface area contributed by atoms with Crippen LogP contribution in [0.2, 0.25) is 0 Å². The molecule has 0 aliphatic carbocycles. The molecule has 0 bridgehead atoms. The van der Waals surface area contributed by atoms with Gasteiger partial charge >= 0.3 is 0 Å². The van der Waals surface area contributed by atoms with Gasteiger partial charge in [-0.2, -0.15) is 4.98 Å². The molecular weight excluding hydrogens is 394 g/mol. The molecule has 3 rings (SSSR count). The average molecular weight is 412 g/mol. The number of nitrogens with zero attached hydrogens (tertiary/aromatic N) is 2. The Morgan fingerprint density at radius 1 is 1.35 bits per heavy atom. The summed E-state index contributed by atoms with van der Waals surface area (Å²) in [6.07, 6.45) is 0. The number of hydrogen-bond acceptors (Lipinski definition) is 6. The topological polar surface area (TPSA) is 51.0 Å². The van der Waals surface area contributed by atoms with E-state index in [9.17, 15) is 0 Å². The van der Waals surface area contributed by atoms with Crippen LogP contribution < -0.4 is 5.32 Å². The molecule has 4 nitrogen and oxygen atoms in total. The Labute approximate surface area is 152 Å². The molecule has 3 aromatic rings. The third-order valence-corrected chi connectivity index (χ3v) is 6.03. The number of rotatable bonds is 5. The molecule has 0 aliphatic rings. The quantitative estimate of drug-likeness (QED) is 0.601. The standard InChI is InChI=1S/C16H18BrN3OS2/c1-16(2,3)14(11-5-4-6-22-11)18-8-13-19-15(20-21-13)12-7-10(17)9-23-12/h4-7,9,14,18H,8H2,1-3H3/t14-/m1/s1. The number of thiophene rings is 2. The van der Waals surface area contributed by atoms with Gasteiger partial charge in [-0.25, -0.2) is 0 Å². The molecule has 0 amide bonds. The van der Waals surface area contributed by atoms with Crippen LogP contribution in [0, 0.1) is 5.41 Å². The van der Waals surface area contributed by atoms with E-state index in [1.807, 2.05) is 11.4 Å². The van der Waals surface area contributed by atoms with Crippen LogP contribution >= 0.6 is 38.6 Å². The molecule has 3 aromatic heterocycles. The number of aromatic nitrogens is 2. The first-order valence-corrected chi connectivity index (χ1v) is 9.82. The highest BCUT2D eigenvalue weighted by molar-refractivity contribution is 9.10. The molecule has 0 unspecified atom stereocenters. The van der Waals surface area contributed by atoms with Gasteiger partial charge in [-0.1, -0.05) is 32.0 Å². The van der Waals surface area contributed by atoms with Crippen LogP contribution in [0.25, 0.3) is 10.7 Å². The summed E-state index contributed by atoms with van der Waals surface area (Å²) in [6.45, 7) is 7.24. The minimum absolute atomic E-state index is 0.103. The zero-order valence-electron chi connectivity index (χ0n) is 13.2. The van der Waals surface area contributed by atoms with E-state index in [1.54, 1.807) is 22.7 Å². The molecule has 1 N–H and O–H groups in total. The van der Waals surface area contributed by atoms with Gasteiger partial charge in [-0.05, 0) is 38.9 Å². The van der Waals surface area contributed by atoms with E-state index in [0.29, 0.717) is 18.3 Å². The highest BCUT2D eigenvalue weighted by Gasteiger charge is 2.27. The molecule has 7 heteroatoms. The first kappa shape index (κ1) is 16.8. The Hall–Kier alpha value is -1.02. The minimum atomic E-state index is 0.103. The lowest BCUT2D eigenvalue weighted by molar-refractivity contribution is 0.260. The van der Waals surface area contributed by atoms with Crippen molar-refractivity contribution in [3.05, 3.63) is 44.2 Å². The Morgan fingerprint density at radius 3 is 2.78 bits per heavy atom. The Kier molecular flexibility index (Phi) is 5.01. The summed E-state index contributed by atoms with van der Waals surface area (Å²) in [6, 6.07) is 6.49. The molecule has 0 saturated carbocycles. The van der Waals surface area contributed by atoms with Crippen LogP contribution in [0.4, 0.5) is 0 Å². The van der Waals surface area contributed by atoms with Gasteiger partial charge in [0.05, 0.1) is 11.4 Å². The van der Waals surface area contributed by atoms with Crippen molar-refractivity contribution in [2.24, 2.45) is 5.41 Å². The fourth-order valence-corrected chi connectivity index (χ4v) is 4.73. The summed E-state index contributed by atoms with van der Waals surface area (Å²) in [7, 11) is 0. The highest BCUT2D eigenvalue weighted by atomic mass is 79.9. The number of nitrogens with one attached hydrogen (secondary N) is 1. The van der Waals surface area contributed by atoms with Gasteiger partial charge in [0, 0.05) is 20.8 Å². The van der Waals surface area contributed by atoms with Crippen molar-refractivity contribution in [1.82, 2.24) is 15.5 Å². The van der Waals surface area contributed by atoms with Crippen LogP contribution in [-0.4, -0.2) is 10.1 Å². The molecule has 3 heterocycles. The van der Waals surface area contributed by atoms with E-state index in [0.717, 1.165) is 9.35 Å². The second-order valence-corrected chi connectivity index (χ2v) is 9.14. The van der Waals surface area contributed by atoms with Crippen LogP contribution in [0.3, 0.4) is 0 Å². The molecule has 23 heavy (non-hydrogen) atoms. The van der Waals surface area contributed by atoms with Gasteiger partial charge < -0.3 is 9.84 Å². The maximum absolute atomic E-state index is 5.38. The number of halogens is 1. The third-order valence-electron chi connectivity index (χ3n) is 3.41. The first-order chi connectivity index (χ1) is 10.9. The molecule has 0 radical (unpaired) electrons. The fraction of sp³-hybridized carbons (Fsp3) is 0.375. The first-order valence-electron chi connectivity index (χ1n) is 7.27. The van der Waals surface area contributed by atoms with Gasteiger partial charge in [0.25, 0.3) is 0 Å². The van der Waals surface area contributed by atoms with Gasteiger partial charge in [-0.15, -0.1) is 22.7 Å². The monoisotopic (exact) mass is 411 g/mol. The molecule has 0 saturated heterocycles. The van der Waals surface area contributed by atoms with E-state index in [2.05, 4.69) is 69.7 Å². The van der Waals surface area contributed by atoms with Crippen molar-refractivity contribution in [1.29, 1.82) is 0 Å². The molecule has 0 spiro atoms. The van der Waals surface area contributed by atoms with Gasteiger partial charge in [0.2, 0.25) is 11.7 Å². The van der Waals surface area contributed by atoms with E-state index in [4.69, 9.17) is 4.52 Å². The maximum atomic E-state index is 5.38. The number of hydrogen-bond donors (Lipinski definition) is 1. The van der Waals surface area contributed by atoms with E-state index in [-0.39, 0.29) is 11.5 Å². The lowest BCUT2D eigenvalue weighted by Gasteiger charge is -2.30. The van der Waals surface area contributed by atoms with Crippen molar-refractivity contribution < 1.29 is 4.52 Å². The lowest BCUT2D eigenvalue weighted by atomic mass is 9.86. The predicted octanol–water partition coefficient (Wildman–Crippen LogP) is 5.50. The molecule has 0 aliphatic heterocycles. The fourth-order valence-electron chi connectivity index (χ4n) is 2.34. The van der Waals surface area contributed by atoms with E-state index >= 15 is 0 Å². The molecule has 0 fully saturated rings. The predicted molar refractivity (Wildman–Crippen MR) is 98.7 cm³/mol. The molecule has 1 atom stereocenters. The Balaban J connectivity index is 1.71. The van der Waals surface area contributed by atoms with Crippen LogP contribution in [0.5, 0.6) is 0 Å². The van der Waals surface area contributed by atoms with Crippen molar-refractivity contribution in [3.63, 3.8) is 0 Å². The summed E-state index contributed by atoms with van der Waals surface area (Å²) >= 11 is 6.80. The zero-order chi connectivity index (χ0) is 16.4. The summed E-state index contributed by atoms with van der Waals surface area (Å²) < 4.78 is 6.41. The van der Waals surface area contributed by atoms with Crippen molar-refractivity contribution in [3.8, 4) is 10.7 Å². The summed E-state index contributed by atoms with van der Waals surface area (Å²) in [5.41, 5.74) is 0.103. The van der Waals surface area contributed by atoms with E-state index < -0.39 is 0 Å². The maximum Gasteiger partial charge on any atom is 0.240 e. The molecule has 0 aromatic carbocycles. The summed E-state index contributed by atoms with van der Waals surface area (Å²) in [5.74, 6) is 1.25. The van der Waals surface area contributed by atoms with Crippen molar-refractivity contribution in [2.75, 3.05) is 0 Å². The normalized spacial score (nSPS) is 13.4. The smallest absolute Gasteiger partial charge is 0.240 e. The summed E-state index contributed by atoms with van der Waals surface area (Å²) in [4.78, 5) is 6.80. The van der Waals surface area contributed by atoms with Crippen molar-refractivity contribution in [2.45, 2.75) is 33.4 Å². The highest BCUT2D eigenvalue weighted by Crippen LogP contribution is 2.35. The average Bonchev–Trinajstić information content (AvgIpc) is 3.18. The molecule has 122 valence electrons.